The number of nitrogens with zero attached hydrogens (tertiary/aromatic N) is 1. The van der Waals surface area contributed by atoms with Gasteiger partial charge in [-0.15, -0.1) is 0 Å². The highest BCUT2D eigenvalue weighted by atomic mass is 16.5. The lowest BCUT2D eigenvalue weighted by Crippen LogP contribution is -2.32. The highest BCUT2D eigenvalue weighted by Gasteiger charge is 2.15. The number of hydrogen-bond donors (Lipinski definition) is 2. The third kappa shape index (κ3) is 7.33. The van der Waals surface area contributed by atoms with Gasteiger partial charge in [0.1, 0.15) is 22.9 Å². The lowest BCUT2D eigenvalue weighted by Gasteiger charge is -2.11. The number of benzene rings is 3. The Kier molecular flexibility index (Phi) is 9.41. The molecule has 0 aliphatic carbocycles. The molecule has 8 nitrogen and oxygen atoms in total. The highest BCUT2D eigenvalue weighted by molar-refractivity contribution is 6.05. The Hall–Kier alpha value is -4.85. The van der Waals surface area contributed by atoms with Gasteiger partial charge in [-0.1, -0.05) is 36.4 Å². The van der Waals surface area contributed by atoms with Gasteiger partial charge < -0.3 is 19.5 Å². The van der Waals surface area contributed by atoms with Crippen LogP contribution in [0.15, 0.2) is 89.7 Å². The number of allylic oxidation sites excluding steroid dienone is 1. The molecule has 8 heteroatoms. The van der Waals surface area contributed by atoms with E-state index in [-0.39, 0.29) is 5.70 Å². The van der Waals surface area contributed by atoms with E-state index in [0.29, 0.717) is 22.6 Å². The summed E-state index contributed by atoms with van der Waals surface area (Å²) in [6.45, 7) is 0. The Labute approximate surface area is 209 Å². The Balaban J connectivity index is 1.80. The Morgan fingerprint density at radius 1 is 0.833 bits per heavy atom. The van der Waals surface area contributed by atoms with E-state index in [2.05, 4.69) is 15.8 Å². The van der Waals surface area contributed by atoms with Gasteiger partial charge in [0.2, 0.25) is 0 Å². The smallest absolute Gasteiger partial charge is 0.287 e. The summed E-state index contributed by atoms with van der Waals surface area (Å²) >= 11 is 0. The maximum Gasteiger partial charge on any atom is 0.287 e. The van der Waals surface area contributed by atoms with E-state index < -0.39 is 11.8 Å². The maximum atomic E-state index is 13.0. The molecular weight excluding hydrogens is 458 g/mol. The SMILES string of the molecule is COc1ccc(C=CC=NNC(=O)C(=Cc2cc(OC)ccc2OC)NC(=O)c2ccccc2)cc1. The van der Waals surface area contributed by atoms with Gasteiger partial charge in [-0.25, -0.2) is 5.43 Å². The molecule has 0 saturated heterocycles. The predicted molar refractivity (Wildman–Crippen MR) is 140 cm³/mol. The van der Waals surface area contributed by atoms with Crippen molar-refractivity contribution in [2.75, 3.05) is 21.3 Å². The fourth-order valence-electron chi connectivity index (χ4n) is 3.12. The number of hydrogen-bond acceptors (Lipinski definition) is 6. The molecule has 184 valence electrons. The molecule has 0 aromatic heterocycles. The lowest BCUT2D eigenvalue weighted by atomic mass is 10.1. The number of nitrogens with one attached hydrogen (secondary N) is 2. The van der Waals surface area contributed by atoms with Crippen molar-refractivity contribution in [3.05, 3.63) is 101 Å². The zero-order chi connectivity index (χ0) is 25.8. The van der Waals surface area contributed by atoms with Crippen LogP contribution < -0.4 is 25.0 Å². The molecule has 3 rings (SSSR count). The first-order valence-corrected chi connectivity index (χ1v) is 11.0. The first-order valence-electron chi connectivity index (χ1n) is 11.0. The van der Waals surface area contributed by atoms with Gasteiger partial charge in [0.25, 0.3) is 11.8 Å². The normalized spacial score (nSPS) is 11.4. The molecule has 0 aliphatic heterocycles. The number of rotatable bonds is 10. The average Bonchev–Trinajstić information content (AvgIpc) is 2.93. The summed E-state index contributed by atoms with van der Waals surface area (Å²) in [5, 5.41) is 6.61. The van der Waals surface area contributed by atoms with E-state index in [4.69, 9.17) is 14.2 Å². The van der Waals surface area contributed by atoms with Crippen molar-refractivity contribution in [1.29, 1.82) is 0 Å². The van der Waals surface area contributed by atoms with Crippen LogP contribution in [0.25, 0.3) is 12.2 Å². The van der Waals surface area contributed by atoms with Crippen LogP contribution in [0.3, 0.4) is 0 Å². The van der Waals surface area contributed by atoms with Crippen LogP contribution in [0.1, 0.15) is 21.5 Å². The Bertz CT molecular complexity index is 1270. The molecule has 2 amide bonds. The van der Waals surface area contributed by atoms with Crippen LogP contribution in [0, 0.1) is 0 Å². The highest BCUT2D eigenvalue weighted by Crippen LogP contribution is 2.26. The lowest BCUT2D eigenvalue weighted by molar-refractivity contribution is -0.117. The van der Waals surface area contributed by atoms with Crippen molar-refractivity contribution < 1.29 is 23.8 Å². The minimum absolute atomic E-state index is 0.0216. The molecule has 0 spiro atoms. The maximum absolute atomic E-state index is 13.0. The molecule has 0 saturated carbocycles. The van der Waals surface area contributed by atoms with Gasteiger partial charge >= 0.3 is 0 Å². The van der Waals surface area contributed by atoms with Crippen LogP contribution >= 0.6 is 0 Å². The first-order chi connectivity index (χ1) is 17.5. The molecule has 0 heterocycles. The van der Waals surface area contributed by atoms with Crippen molar-refractivity contribution in [2.45, 2.75) is 0 Å². The van der Waals surface area contributed by atoms with Crippen LogP contribution in [-0.4, -0.2) is 39.4 Å². The number of amides is 2. The summed E-state index contributed by atoms with van der Waals surface area (Å²) in [5.74, 6) is 0.775. The van der Waals surface area contributed by atoms with Crippen LogP contribution in [-0.2, 0) is 4.79 Å². The van der Waals surface area contributed by atoms with Crippen molar-refractivity contribution >= 4 is 30.2 Å². The number of hydrazone groups is 1. The summed E-state index contributed by atoms with van der Waals surface area (Å²) in [7, 11) is 4.66. The summed E-state index contributed by atoms with van der Waals surface area (Å²) in [4.78, 5) is 25.7. The quantitative estimate of drug-likeness (QED) is 0.254. The monoisotopic (exact) mass is 485 g/mol. The number of carbonyl (C=O) groups excluding carboxylic acids is 2. The topological polar surface area (TPSA) is 98.2 Å². The minimum atomic E-state index is -0.613. The first kappa shape index (κ1) is 25.8. The second kappa shape index (κ2) is 13.1. The molecule has 0 bridgehead atoms. The molecule has 3 aromatic carbocycles. The second-order valence-electron chi connectivity index (χ2n) is 7.34. The van der Waals surface area contributed by atoms with Gasteiger partial charge in [-0.3, -0.25) is 9.59 Å². The van der Waals surface area contributed by atoms with E-state index in [9.17, 15) is 9.59 Å². The van der Waals surface area contributed by atoms with Crippen LogP contribution in [0.5, 0.6) is 17.2 Å². The van der Waals surface area contributed by atoms with E-state index in [1.807, 2.05) is 30.3 Å². The molecule has 36 heavy (non-hydrogen) atoms. The van der Waals surface area contributed by atoms with Gasteiger partial charge in [0.15, 0.2) is 0 Å². The van der Waals surface area contributed by atoms with Gasteiger partial charge in [-0.05, 0) is 60.2 Å². The predicted octanol–water partition coefficient (Wildman–Crippen LogP) is 4.30. The average molecular weight is 486 g/mol. The summed E-state index contributed by atoms with van der Waals surface area (Å²) < 4.78 is 15.8. The molecule has 0 radical (unpaired) electrons. The van der Waals surface area contributed by atoms with Gasteiger partial charge in [0, 0.05) is 17.3 Å². The third-order valence-corrected chi connectivity index (χ3v) is 5.00. The summed E-state index contributed by atoms with van der Waals surface area (Å²) in [6.07, 6.45) is 6.44. The minimum Gasteiger partial charge on any atom is -0.497 e. The number of ether oxygens (including phenoxy) is 3. The van der Waals surface area contributed by atoms with E-state index in [0.717, 1.165) is 11.3 Å². The van der Waals surface area contributed by atoms with Crippen molar-refractivity contribution in [3.63, 3.8) is 0 Å². The van der Waals surface area contributed by atoms with Crippen molar-refractivity contribution in [1.82, 2.24) is 10.7 Å². The molecule has 0 aliphatic rings. The molecule has 0 atom stereocenters. The van der Waals surface area contributed by atoms with Crippen LogP contribution in [0.4, 0.5) is 0 Å². The summed E-state index contributed by atoms with van der Waals surface area (Å²) in [5.41, 5.74) is 4.30. The Morgan fingerprint density at radius 2 is 1.53 bits per heavy atom. The van der Waals surface area contributed by atoms with Gasteiger partial charge in [-0.2, -0.15) is 5.10 Å². The number of carbonyl (C=O) groups is 2. The fraction of sp³-hybridized carbons (Fsp3) is 0.107. The standard InChI is InChI=1S/C28H27N3O5/c1-34-23-13-11-20(12-14-23)8-7-17-29-31-28(33)25(30-27(32)21-9-5-4-6-10-21)19-22-18-24(35-2)15-16-26(22)36-3/h4-19H,1-3H3,(H,30,32)(H,31,33). The molecule has 0 unspecified atom stereocenters. The molecule has 0 fully saturated rings. The molecule has 2 N–H and O–H groups in total. The van der Waals surface area contributed by atoms with E-state index in [1.165, 1.54) is 26.5 Å². The zero-order valence-electron chi connectivity index (χ0n) is 20.2. The third-order valence-electron chi connectivity index (χ3n) is 5.00. The largest absolute Gasteiger partial charge is 0.497 e. The Morgan fingerprint density at radius 3 is 2.19 bits per heavy atom. The fourth-order valence-corrected chi connectivity index (χ4v) is 3.12. The van der Waals surface area contributed by atoms with Gasteiger partial charge in [0.05, 0.1) is 21.3 Å². The zero-order valence-corrected chi connectivity index (χ0v) is 20.2. The van der Waals surface area contributed by atoms with E-state index in [1.54, 1.807) is 61.7 Å². The van der Waals surface area contributed by atoms with E-state index >= 15 is 0 Å². The van der Waals surface area contributed by atoms with Crippen molar-refractivity contribution in [2.24, 2.45) is 5.10 Å². The van der Waals surface area contributed by atoms with Crippen molar-refractivity contribution in [3.8, 4) is 17.2 Å². The molecular formula is C28H27N3O5. The van der Waals surface area contributed by atoms with Crippen LogP contribution in [0.2, 0.25) is 0 Å². The molecule has 3 aromatic rings. The number of methoxy groups -OCH3 is 3. The second-order valence-corrected chi connectivity index (χ2v) is 7.34. The summed E-state index contributed by atoms with van der Waals surface area (Å²) in [6, 6.07) is 21.2.